The van der Waals surface area contributed by atoms with Crippen LogP contribution in [0, 0.1) is 6.92 Å². The SMILES string of the molecule is Cc1ccc(Cl)cc1NC(=O)CN(C)C(C)C(=O)O. The number of nitrogens with zero attached hydrogens (tertiary/aromatic N) is 1. The number of rotatable bonds is 5. The maximum atomic E-state index is 11.8. The van der Waals surface area contributed by atoms with E-state index in [0.717, 1.165) is 5.56 Å². The number of hydrogen-bond acceptors (Lipinski definition) is 3. The summed E-state index contributed by atoms with van der Waals surface area (Å²) in [5.41, 5.74) is 1.53. The maximum Gasteiger partial charge on any atom is 0.320 e. The molecule has 0 aliphatic heterocycles. The number of aryl methyl sites for hydroxylation is 1. The van der Waals surface area contributed by atoms with Gasteiger partial charge >= 0.3 is 5.97 Å². The fourth-order valence-corrected chi connectivity index (χ4v) is 1.64. The lowest BCUT2D eigenvalue weighted by Gasteiger charge is -2.20. The van der Waals surface area contributed by atoms with Gasteiger partial charge in [-0.05, 0) is 38.6 Å². The Morgan fingerprint density at radius 1 is 1.47 bits per heavy atom. The van der Waals surface area contributed by atoms with Crippen molar-refractivity contribution in [2.24, 2.45) is 0 Å². The molecule has 1 atom stereocenters. The van der Waals surface area contributed by atoms with Crippen LogP contribution in [0.5, 0.6) is 0 Å². The molecular weight excluding hydrogens is 268 g/mol. The normalized spacial score (nSPS) is 12.3. The van der Waals surface area contributed by atoms with E-state index in [4.69, 9.17) is 16.7 Å². The Kier molecular flexibility index (Phi) is 5.32. The lowest BCUT2D eigenvalue weighted by molar-refractivity contribution is -0.142. The Morgan fingerprint density at radius 2 is 2.11 bits per heavy atom. The van der Waals surface area contributed by atoms with Crippen LogP contribution in [0.15, 0.2) is 18.2 Å². The average molecular weight is 285 g/mol. The highest BCUT2D eigenvalue weighted by molar-refractivity contribution is 6.31. The number of amides is 1. The molecule has 104 valence electrons. The van der Waals surface area contributed by atoms with Crippen LogP contribution >= 0.6 is 11.6 Å². The van der Waals surface area contributed by atoms with Gasteiger partial charge in [-0.2, -0.15) is 0 Å². The van der Waals surface area contributed by atoms with E-state index in [-0.39, 0.29) is 12.5 Å². The zero-order valence-corrected chi connectivity index (χ0v) is 11.9. The fraction of sp³-hybridized carbons (Fsp3) is 0.385. The van der Waals surface area contributed by atoms with E-state index < -0.39 is 12.0 Å². The van der Waals surface area contributed by atoms with Gasteiger partial charge in [-0.25, -0.2) is 0 Å². The Labute approximate surface area is 117 Å². The van der Waals surface area contributed by atoms with Crippen LogP contribution < -0.4 is 5.32 Å². The van der Waals surface area contributed by atoms with Crippen molar-refractivity contribution >= 4 is 29.2 Å². The van der Waals surface area contributed by atoms with Crippen LogP contribution in [0.4, 0.5) is 5.69 Å². The van der Waals surface area contributed by atoms with Gasteiger partial charge in [0, 0.05) is 10.7 Å². The molecule has 0 fully saturated rings. The molecule has 0 spiro atoms. The summed E-state index contributed by atoms with van der Waals surface area (Å²) in [7, 11) is 1.59. The third-order valence-electron chi connectivity index (χ3n) is 2.89. The standard InChI is InChI=1S/C13H17ClN2O3/c1-8-4-5-10(14)6-11(8)15-12(17)7-16(3)9(2)13(18)19/h4-6,9H,7H2,1-3H3,(H,15,17)(H,18,19). The Bertz CT molecular complexity index is 491. The van der Waals surface area contributed by atoms with Gasteiger partial charge in [-0.1, -0.05) is 17.7 Å². The minimum Gasteiger partial charge on any atom is -0.480 e. The number of anilines is 1. The molecule has 5 nitrogen and oxygen atoms in total. The number of carboxylic acid groups (broad SMARTS) is 1. The van der Waals surface area contributed by atoms with Crippen molar-refractivity contribution in [3.05, 3.63) is 28.8 Å². The number of carboxylic acids is 1. The Balaban J connectivity index is 2.65. The molecule has 0 aliphatic carbocycles. The zero-order chi connectivity index (χ0) is 14.6. The monoisotopic (exact) mass is 284 g/mol. The average Bonchev–Trinajstić information content (AvgIpc) is 2.32. The van der Waals surface area contributed by atoms with E-state index in [2.05, 4.69) is 5.32 Å². The number of hydrogen-bond donors (Lipinski definition) is 2. The van der Waals surface area contributed by atoms with E-state index in [0.29, 0.717) is 10.7 Å². The van der Waals surface area contributed by atoms with Gasteiger partial charge in [0.2, 0.25) is 5.91 Å². The number of benzene rings is 1. The van der Waals surface area contributed by atoms with Crippen LogP contribution in [-0.2, 0) is 9.59 Å². The van der Waals surface area contributed by atoms with Crippen molar-refractivity contribution < 1.29 is 14.7 Å². The third-order valence-corrected chi connectivity index (χ3v) is 3.12. The lowest BCUT2D eigenvalue weighted by Crippen LogP contribution is -2.40. The summed E-state index contributed by atoms with van der Waals surface area (Å²) in [6, 6.07) is 4.49. The number of nitrogens with one attached hydrogen (secondary N) is 1. The minimum atomic E-state index is -0.964. The van der Waals surface area contributed by atoms with Crippen LogP contribution in [0.1, 0.15) is 12.5 Å². The highest BCUT2D eigenvalue weighted by atomic mass is 35.5. The van der Waals surface area contributed by atoms with Crippen molar-refractivity contribution in [3.63, 3.8) is 0 Å². The van der Waals surface area contributed by atoms with Crippen molar-refractivity contribution in [3.8, 4) is 0 Å². The van der Waals surface area contributed by atoms with E-state index >= 15 is 0 Å². The number of likely N-dealkylation sites (N-methyl/N-ethyl adjacent to an activating group) is 1. The van der Waals surface area contributed by atoms with Gasteiger partial charge in [0.15, 0.2) is 0 Å². The van der Waals surface area contributed by atoms with Crippen molar-refractivity contribution in [1.29, 1.82) is 0 Å². The minimum absolute atomic E-state index is 0.000575. The molecule has 0 aromatic heterocycles. The van der Waals surface area contributed by atoms with Gasteiger partial charge in [-0.15, -0.1) is 0 Å². The smallest absolute Gasteiger partial charge is 0.320 e. The highest BCUT2D eigenvalue weighted by Crippen LogP contribution is 2.20. The van der Waals surface area contributed by atoms with Crippen LogP contribution in [0.3, 0.4) is 0 Å². The quantitative estimate of drug-likeness (QED) is 0.867. The molecule has 2 N–H and O–H groups in total. The predicted molar refractivity (Wildman–Crippen MR) is 74.5 cm³/mol. The molecular formula is C13H17ClN2O3. The molecule has 0 saturated heterocycles. The van der Waals surface area contributed by atoms with Gasteiger partial charge in [0.05, 0.1) is 6.54 Å². The number of carbonyl (C=O) groups excluding carboxylic acids is 1. The third kappa shape index (κ3) is 4.54. The summed E-state index contributed by atoms with van der Waals surface area (Å²) < 4.78 is 0. The second kappa shape index (κ2) is 6.54. The number of halogens is 1. The van der Waals surface area contributed by atoms with Gasteiger partial charge in [0.1, 0.15) is 6.04 Å². The Morgan fingerprint density at radius 3 is 2.68 bits per heavy atom. The fourth-order valence-electron chi connectivity index (χ4n) is 1.47. The molecule has 1 amide bonds. The van der Waals surface area contributed by atoms with Crippen LogP contribution in [0.2, 0.25) is 5.02 Å². The first-order valence-electron chi connectivity index (χ1n) is 5.80. The summed E-state index contributed by atoms with van der Waals surface area (Å²) in [5, 5.41) is 12.1. The molecule has 0 aliphatic rings. The molecule has 1 aromatic carbocycles. The first kappa shape index (κ1) is 15.5. The second-order valence-corrected chi connectivity index (χ2v) is 4.87. The lowest BCUT2D eigenvalue weighted by atomic mass is 10.2. The molecule has 0 heterocycles. The molecule has 6 heteroatoms. The predicted octanol–water partition coefficient (Wildman–Crippen LogP) is 1.99. The largest absolute Gasteiger partial charge is 0.480 e. The summed E-state index contributed by atoms with van der Waals surface area (Å²) in [6.45, 7) is 3.38. The second-order valence-electron chi connectivity index (χ2n) is 4.44. The molecule has 1 unspecified atom stereocenters. The maximum absolute atomic E-state index is 11.8. The summed E-state index contributed by atoms with van der Waals surface area (Å²) in [6.07, 6.45) is 0. The van der Waals surface area contributed by atoms with Crippen molar-refractivity contribution in [1.82, 2.24) is 4.90 Å². The number of aliphatic carboxylic acids is 1. The molecule has 1 aromatic rings. The molecule has 0 radical (unpaired) electrons. The van der Waals surface area contributed by atoms with E-state index in [1.165, 1.54) is 11.8 Å². The molecule has 19 heavy (non-hydrogen) atoms. The van der Waals surface area contributed by atoms with Gasteiger partial charge < -0.3 is 10.4 Å². The molecule has 1 rings (SSSR count). The first-order chi connectivity index (χ1) is 8.81. The van der Waals surface area contributed by atoms with E-state index in [1.54, 1.807) is 19.2 Å². The number of carbonyl (C=O) groups is 2. The topological polar surface area (TPSA) is 69.6 Å². The zero-order valence-electron chi connectivity index (χ0n) is 11.1. The van der Waals surface area contributed by atoms with E-state index in [1.807, 2.05) is 13.0 Å². The first-order valence-corrected chi connectivity index (χ1v) is 6.18. The van der Waals surface area contributed by atoms with Gasteiger partial charge in [-0.3, -0.25) is 14.5 Å². The Hall–Kier alpha value is -1.59. The van der Waals surface area contributed by atoms with E-state index in [9.17, 15) is 9.59 Å². The summed E-state index contributed by atoms with van der Waals surface area (Å²) in [4.78, 5) is 24.1. The van der Waals surface area contributed by atoms with Crippen molar-refractivity contribution in [2.45, 2.75) is 19.9 Å². The van der Waals surface area contributed by atoms with Crippen LogP contribution in [-0.4, -0.2) is 41.5 Å². The van der Waals surface area contributed by atoms with Crippen LogP contribution in [0.25, 0.3) is 0 Å². The molecule has 0 bridgehead atoms. The highest BCUT2D eigenvalue weighted by Gasteiger charge is 2.19. The van der Waals surface area contributed by atoms with Crippen molar-refractivity contribution in [2.75, 3.05) is 18.9 Å². The summed E-state index contributed by atoms with van der Waals surface area (Å²) >= 11 is 5.86. The van der Waals surface area contributed by atoms with Gasteiger partial charge in [0.25, 0.3) is 0 Å². The molecule has 0 saturated carbocycles. The summed E-state index contributed by atoms with van der Waals surface area (Å²) in [5.74, 6) is -1.24.